The Morgan fingerprint density at radius 3 is 2.10 bits per heavy atom. The molecule has 262 valence electrons. The van der Waals surface area contributed by atoms with Crippen LogP contribution in [-0.4, -0.2) is 45.0 Å². The number of ether oxygens (including phenoxy) is 1. The smallest absolute Gasteiger partial charge is 0.326 e. The van der Waals surface area contributed by atoms with Crippen molar-refractivity contribution in [2.45, 2.75) is 57.9 Å². The second-order valence-electron chi connectivity index (χ2n) is 13.0. The third-order valence-corrected chi connectivity index (χ3v) is 8.04. The largest absolute Gasteiger partial charge is 0.481 e. The van der Waals surface area contributed by atoms with E-state index >= 15 is 0 Å². The van der Waals surface area contributed by atoms with Crippen LogP contribution in [0.4, 0.5) is 5.69 Å². The van der Waals surface area contributed by atoms with E-state index in [1.807, 2.05) is 36.4 Å². The molecule has 11 heteroatoms. The highest BCUT2D eigenvalue weighted by atomic mass is 16.7. The van der Waals surface area contributed by atoms with Crippen LogP contribution in [0.5, 0.6) is 17.2 Å². The van der Waals surface area contributed by atoms with Crippen molar-refractivity contribution >= 4 is 40.2 Å². The summed E-state index contributed by atoms with van der Waals surface area (Å²) in [6.07, 6.45) is 1.49. The average Bonchev–Trinajstić information content (AvgIpc) is 3.10. The van der Waals surface area contributed by atoms with Gasteiger partial charge >= 0.3 is 11.9 Å². The van der Waals surface area contributed by atoms with Gasteiger partial charge < -0.3 is 25.1 Å². The number of nitrogens with one attached hydrogen (secondary N) is 1. The summed E-state index contributed by atoms with van der Waals surface area (Å²) in [4.78, 5) is 59.4. The maximum Gasteiger partial charge on any atom is 0.326 e. The first-order valence-corrected chi connectivity index (χ1v) is 16.4. The fourth-order valence-corrected chi connectivity index (χ4v) is 5.23. The number of hydrogen-bond acceptors (Lipinski definition) is 7. The predicted octanol–water partition coefficient (Wildman–Crippen LogP) is 7.33. The van der Waals surface area contributed by atoms with Gasteiger partial charge in [0.25, 0.3) is 11.8 Å². The Hall–Kier alpha value is -6.23. The summed E-state index contributed by atoms with van der Waals surface area (Å²) in [6, 6.07) is 28.8. The van der Waals surface area contributed by atoms with Crippen LogP contribution >= 0.6 is 0 Å². The van der Waals surface area contributed by atoms with E-state index in [4.69, 9.17) is 14.7 Å². The molecule has 0 aliphatic carbocycles. The zero-order valence-electron chi connectivity index (χ0n) is 28.5. The van der Waals surface area contributed by atoms with Crippen LogP contribution in [0, 0.1) is 0 Å². The molecule has 3 N–H and O–H groups in total. The molecule has 0 radical (unpaired) electrons. The number of anilines is 1. The van der Waals surface area contributed by atoms with Crippen LogP contribution in [0.1, 0.15) is 61.6 Å². The summed E-state index contributed by atoms with van der Waals surface area (Å²) in [7, 11) is 0. The minimum Gasteiger partial charge on any atom is -0.481 e. The Labute approximate surface area is 295 Å². The molecule has 2 amide bonds. The lowest BCUT2D eigenvalue weighted by atomic mass is 9.87. The van der Waals surface area contributed by atoms with Crippen molar-refractivity contribution < 1.29 is 39.0 Å². The number of fused-ring (bicyclic) bond motifs is 1. The summed E-state index contributed by atoms with van der Waals surface area (Å²) >= 11 is 0. The highest BCUT2D eigenvalue weighted by Gasteiger charge is 2.23. The van der Waals surface area contributed by atoms with E-state index in [1.54, 1.807) is 72.9 Å². The van der Waals surface area contributed by atoms with Crippen molar-refractivity contribution in [3.63, 3.8) is 0 Å². The number of carbonyl (C=O) groups is 4. The molecule has 0 spiro atoms. The number of aromatic nitrogens is 1. The number of para-hydroxylation sites is 1. The van der Waals surface area contributed by atoms with Gasteiger partial charge in [0.05, 0.1) is 5.69 Å². The van der Waals surface area contributed by atoms with Crippen molar-refractivity contribution in [1.82, 2.24) is 10.3 Å². The van der Waals surface area contributed by atoms with Gasteiger partial charge in [-0.05, 0) is 89.0 Å². The van der Waals surface area contributed by atoms with Gasteiger partial charge in [-0.3, -0.25) is 19.4 Å². The second-order valence-corrected chi connectivity index (χ2v) is 13.0. The summed E-state index contributed by atoms with van der Waals surface area (Å²) < 4.78 is 6.06. The lowest BCUT2D eigenvalue weighted by Gasteiger charge is -2.22. The Kier molecular flexibility index (Phi) is 11.3. The summed E-state index contributed by atoms with van der Waals surface area (Å²) in [5.74, 6) is -1.73. The number of hydroxylamine groups is 1. The normalized spacial score (nSPS) is 11.7. The highest BCUT2D eigenvalue weighted by molar-refractivity contribution is 5.98. The predicted molar refractivity (Wildman–Crippen MR) is 192 cm³/mol. The second kappa shape index (κ2) is 16.0. The van der Waals surface area contributed by atoms with Gasteiger partial charge in [0.1, 0.15) is 23.2 Å². The molecule has 5 aromatic rings. The molecule has 0 aliphatic heterocycles. The van der Waals surface area contributed by atoms with Crippen LogP contribution < -0.4 is 20.0 Å². The lowest BCUT2D eigenvalue weighted by molar-refractivity contribution is -0.139. The van der Waals surface area contributed by atoms with E-state index in [9.17, 15) is 24.3 Å². The van der Waals surface area contributed by atoms with E-state index in [0.717, 1.165) is 10.4 Å². The standard InChI is InChI=1S/C40H39N3O8/c1-40(2,3)29-15-20-31(21-16-29)50-33-19-14-27-25-41-34(24-28(27)23-33)38(47)42-35(39(48)49)22-26-12-17-32(18-13-26)51-43(30-8-5-4-6-9-30)36(44)10-7-11-37(45)46/h4-6,8-9,12-21,23-25,35H,7,10-11,22H2,1-3H3,(H,42,47)(H,45,46)(H,48,49). The first-order valence-electron chi connectivity index (χ1n) is 16.4. The molecule has 0 fully saturated rings. The first-order chi connectivity index (χ1) is 24.4. The van der Waals surface area contributed by atoms with E-state index in [2.05, 4.69) is 31.1 Å². The van der Waals surface area contributed by atoms with Crippen molar-refractivity contribution in [1.29, 1.82) is 0 Å². The number of pyridine rings is 1. The number of carbonyl (C=O) groups excluding carboxylic acids is 2. The summed E-state index contributed by atoms with van der Waals surface area (Å²) in [5, 5.41) is 24.0. The lowest BCUT2D eigenvalue weighted by Crippen LogP contribution is -2.42. The fraction of sp³-hybridized carbons (Fsp3) is 0.225. The minimum absolute atomic E-state index is 0.0197. The Morgan fingerprint density at radius 1 is 0.784 bits per heavy atom. The molecule has 0 saturated carbocycles. The Balaban J connectivity index is 1.24. The molecule has 0 bridgehead atoms. The fourth-order valence-electron chi connectivity index (χ4n) is 5.23. The molecule has 11 nitrogen and oxygen atoms in total. The number of benzene rings is 4. The number of aliphatic carboxylic acids is 2. The molecule has 4 aromatic carbocycles. The molecule has 5 rings (SSSR count). The van der Waals surface area contributed by atoms with Gasteiger partial charge in [-0.25, -0.2) is 4.79 Å². The Bertz CT molecular complexity index is 2010. The molecule has 1 unspecified atom stereocenters. The Morgan fingerprint density at radius 2 is 1.45 bits per heavy atom. The molecular weight excluding hydrogens is 650 g/mol. The highest BCUT2D eigenvalue weighted by Crippen LogP contribution is 2.29. The third kappa shape index (κ3) is 9.91. The number of carboxylic acids is 2. The van der Waals surface area contributed by atoms with Gasteiger partial charge in [-0.2, -0.15) is 0 Å². The van der Waals surface area contributed by atoms with E-state index in [1.165, 1.54) is 5.56 Å². The third-order valence-electron chi connectivity index (χ3n) is 8.04. The molecule has 1 atom stereocenters. The van der Waals surface area contributed by atoms with Gasteiger partial charge in [0.15, 0.2) is 5.75 Å². The van der Waals surface area contributed by atoms with Gasteiger partial charge in [0, 0.05) is 30.8 Å². The molecule has 1 heterocycles. The summed E-state index contributed by atoms with van der Waals surface area (Å²) in [5.41, 5.74) is 2.32. The zero-order chi connectivity index (χ0) is 36.5. The maximum absolute atomic E-state index is 13.2. The SMILES string of the molecule is CC(C)(C)c1ccc(Oc2ccc3cnc(C(=O)NC(Cc4ccc(ON(C(=O)CCCC(=O)O)c5ccccc5)cc4)C(=O)O)cc3c2)cc1. The topological polar surface area (TPSA) is 155 Å². The molecule has 1 aromatic heterocycles. The van der Waals surface area contributed by atoms with Crippen LogP contribution in [0.2, 0.25) is 0 Å². The molecule has 51 heavy (non-hydrogen) atoms. The number of nitrogens with zero attached hydrogens (tertiary/aromatic N) is 2. The van der Waals surface area contributed by atoms with Gasteiger partial charge in [-0.1, -0.05) is 63.2 Å². The molecule has 0 aliphatic rings. The van der Waals surface area contributed by atoms with Crippen LogP contribution in [0.15, 0.2) is 109 Å². The molecular formula is C40H39N3O8. The summed E-state index contributed by atoms with van der Waals surface area (Å²) in [6.45, 7) is 6.43. The number of hydrogen-bond donors (Lipinski definition) is 3. The number of rotatable bonds is 14. The number of amides is 2. The van der Waals surface area contributed by atoms with E-state index < -0.39 is 29.8 Å². The molecule has 0 saturated heterocycles. The van der Waals surface area contributed by atoms with Crippen molar-refractivity contribution in [2.24, 2.45) is 0 Å². The minimum atomic E-state index is -1.26. The van der Waals surface area contributed by atoms with Crippen molar-refractivity contribution in [3.05, 3.63) is 126 Å². The average molecular weight is 690 g/mol. The quantitative estimate of drug-likeness (QED) is 0.102. The maximum atomic E-state index is 13.2. The van der Waals surface area contributed by atoms with Gasteiger partial charge in [-0.15, -0.1) is 5.06 Å². The van der Waals surface area contributed by atoms with E-state index in [-0.39, 0.29) is 36.8 Å². The van der Waals surface area contributed by atoms with Crippen molar-refractivity contribution in [3.8, 4) is 17.2 Å². The van der Waals surface area contributed by atoms with Crippen LogP contribution in [0.25, 0.3) is 10.8 Å². The zero-order valence-corrected chi connectivity index (χ0v) is 28.5. The monoisotopic (exact) mass is 689 g/mol. The van der Waals surface area contributed by atoms with Crippen molar-refractivity contribution in [2.75, 3.05) is 5.06 Å². The van der Waals surface area contributed by atoms with Crippen LogP contribution in [-0.2, 0) is 26.2 Å². The number of carboxylic acid groups (broad SMARTS) is 2. The van der Waals surface area contributed by atoms with E-state index in [0.29, 0.717) is 33.9 Å². The first kappa shape index (κ1) is 36.1. The van der Waals surface area contributed by atoms with Gasteiger partial charge in [0.2, 0.25) is 0 Å². The van der Waals surface area contributed by atoms with Crippen LogP contribution in [0.3, 0.4) is 0 Å².